The van der Waals surface area contributed by atoms with Gasteiger partial charge in [-0.05, 0) is 18.1 Å². The van der Waals surface area contributed by atoms with Gasteiger partial charge in [-0.3, -0.25) is 4.79 Å². The van der Waals surface area contributed by atoms with Gasteiger partial charge < -0.3 is 10.6 Å². The van der Waals surface area contributed by atoms with Gasteiger partial charge in [0.1, 0.15) is 0 Å². The van der Waals surface area contributed by atoms with Crippen molar-refractivity contribution in [3.8, 4) is 0 Å². The topological polar surface area (TPSA) is 46.3 Å². The number of fused-ring (bicyclic) bond motifs is 1. The number of nitrogens with two attached hydrogens (primary N) is 1. The summed E-state index contributed by atoms with van der Waals surface area (Å²) in [5.41, 5.74) is 7.05. The molecule has 4 heteroatoms. The lowest BCUT2D eigenvalue weighted by molar-refractivity contribution is -0.131. The maximum absolute atomic E-state index is 12.4. The van der Waals surface area contributed by atoms with E-state index in [0.717, 1.165) is 25.3 Å². The Labute approximate surface area is 105 Å². The summed E-state index contributed by atoms with van der Waals surface area (Å²) in [5.74, 6) is 1.18. The SMILES string of the molecule is N[C@@H]1CCN(C(=O)[C@H]2CSc3ccccc32)C1. The van der Waals surface area contributed by atoms with Crippen molar-refractivity contribution >= 4 is 17.7 Å². The van der Waals surface area contributed by atoms with E-state index in [1.807, 2.05) is 17.0 Å². The first-order chi connectivity index (χ1) is 8.25. The summed E-state index contributed by atoms with van der Waals surface area (Å²) < 4.78 is 0. The minimum atomic E-state index is 0.0431. The normalized spacial score (nSPS) is 27.2. The molecule has 1 aromatic rings. The standard InChI is InChI=1S/C13H16N2OS/c14-9-5-6-15(7-9)13(16)11-8-17-12-4-2-1-3-10(11)12/h1-4,9,11H,5-8,14H2/t9-,11+/m1/s1. The summed E-state index contributed by atoms with van der Waals surface area (Å²) in [7, 11) is 0. The molecule has 1 aromatic carbocycles. The van der Waals surface area contributed by atoms with Crippen molar-refractivity contribution in [1.82, 2.24) is 4.90 Å². The average Bonchev–Trinajstić information content (AvgIpc) is 2.94. The van der Waals surface area contributed by atoms with E-state index < -0.39 is 0 Å². The summed E-state index contributed by atoms with van der Waals surface area (Å²) in [6.45, 7) is 1.55. The van der Waals surface area contributed by atoms with Gasteiger partial charge in [0.05, 0.1) is 5.92 Å². The molecule has 17 heavy (non-hydrogen) atoms. The van der Waals surface area contributed by atoms with Gasteiger partial charge in [0.15, 0.2) is 0 Å². The number of hydrogen-bond donors (Lipinski definition) is 1. The van der Waals surface area contributed by atoms with Crippen LogP contribution in [0, 0.1) is 0 Å². The second-order valence-corrected chi connectivity index (χ2v) is 5.80. The third-order valence-electron chi connectivity index (χ3n) is 3.53. The summed E-state index contributed by atoms with van der Waals surface area (Å²) >= 11 is 1.79. The number of thioether (sulfide) groups is 1. The summed E-state index contributed by atoms with van der Waals surface area (Å²) in [5, 5.41) is 0. The van der Waals surface area contributed by atoms with Crippen LogP contribution in [0.5, 0.6) is 0 Å². The van der Waals surface area contributed by atoms with Crippen LogP contribution < -0.4 is 5.73 Å². The van der Waals surface area contributed by atoms with Crippen molar-refractivity contribution in [1.29, 1.82) is 0 Å². The summed E-state index contributed by atoms with van der Waals surface area (Å²) in [4.78, 5) is 15.6. The van der Waals surface area contributed by atoms with Crippen molar-refractivity contribution in [2.24, 2.45) is 5.73 Å². The van der Waals surface area contributed by atoms with Gasteiger partial charge in [0, 0.05) is 29.8 Å². The van der Waals surface area contributed by atoms with Crippen LogP contribution in [0.15, 0.2) is 29.2 Å². The van der Waals surface area contributed by atoms with Crippen LogP contribution in [0.25, 0.3) is 0 Å². The Hall–Kier alpha value is -1.00. The molecule has 2 aliphatic heterocycles. The highest BCUT2D eigenvalue weighted by atomic mass is 32.2. The van der Waals surface area contributed by atoms with Gasteiger partial charge >= 0.3 is 0 Å². The van der Waals surface area contributed by atoms with Crippen molar-refractivity contribution in [2.45, 2.75) is 23.3 Å². The number of carbonyl (C=O) groups is 1. The molecular weight excluding hydrogens is 232 g/mol. The smallest absolute Gasteiger partial charge is 0.231 e. The molecule has 1 saturated heterocycles. The highest BCUT2D eigenvalue weighted by molar-refractivity contribution is 7.99. The van der Waals surface area contributed by atoms with Crippen LogP contribution >= 0.6 is 11.8 Å². The third kappa shape index (κ3) is 1.96. The Morgan fingerprint density at radius 3 is 3.00 bits per heavy atom. The zero-order valence-electron chi connectivity index (χ0n) is 9.63. The van der Waals surface area contributed by atoms with E-state index in [2.05, 4.69) is 12.1 Å². The maximum Gasteiger partial charge on any atom is 0.231 e. The molecule has 3 rings (SSSR count). The van der Waals surface area contributed by atoms with Gasteiger partial charge in [-0.2, -0.15) is 0 Å². The largest absolute Gasteiger partial charge is 0.341 e. The van der Waals surface area contributed by atoms with Gasteiger partial charge in [0.25, 0.3) is 0 Å². The molecule has 0 saturated carbocycles. The maximum atomic E-state index is 12.4. The van der Waals surface area contributed by atoms with Crippen LogP contribution in [0.2, 0.25) is 0 Å². The van der Waals surface area contributed by atoms with Crippen LogP contribution in [-0.2, 0) is 4.79 Å². The molecule has 2 heterocycles. The lowest BCUT2D eigenvalue weighted by Gasteiger charge is -2.20. The van der Waals surface area contributed by atoms with Crippen LogP contribution in [-0.4, -0.2) is 35.7 Å². The van der Waals surface area contributed by atoms with Gasteiger partial charge in [-0.15, -0.1) is 11.8 Å². The molecular formula is C13H16N2OS. The molecule has 0 spiro atoms. The van der Waals surface area contributed by atoms with Crippen molar-refractivity contribution < 1.29 is 4.79 Å². The van der Waals surface area contributed by atoms with E-state index in [1.165, 1.54) is 10.5 Å². The number of carbonyl (C=O) groups excluding carboxylic acids is 1. The Bertz CT molecular complexity index is 449. The fourth-order valence-electron chi connectivity index (χ4n) is 2.57. The number of hydrogen-bond acceptors (Lipinski definition) is 3. The van der Waals surface area contributed by atoms with E-state index in [0.29, 0.717) is 0 Å². The second kappa shape index (κ2) is 4.35. The molecule has 3 nitrogen and oxygen atoms in total. The predicted octanol–water partition coefficient (Wildman–Crippen LogP) is 1.44. The molecule has 0 unspecified atom stereocenters. The molecule has 2 N–H and O–H groups in total. The van der Waals surface area contributed by atoms with E-state index in [9.17, 15) is 4.79 Å². The molecule has 0 bridgehead atoms. The minimum Gasteiger partial charge on any atom is -0.341 e. The minimum absolute atomic E-state index is 0.0431. The molecule has 90 valence electrons. The number of nitrogens with zero attached hydrogens (tertiary/aromatic N) is 1. The molecule has 2 aliphatic rings. The quantitative estimate of drug-likeness (QED) is 0.818. The van der Waals surface area contributed by atoms with Crippen molar-refractivity contribution in [3.05, 3.63) is 29.8 Å². The Morgan fingerprint density at radius 1 is 1.41 bits per heavy atom. The molecule has 0 aliphatic carbocycles. The second-order valence-electron chi connectivity index (χ2n) is 4.73. The first-order valence-electron chi connectivity index (χ1n) is 6.02. The highest BCUT2D eigenvalue weighted by Gasteiger charge is 2.34. The van der Waals surface area contributed by atoms with E-state index >= 15 is 0 Å². The summed E-state index contributed by atoms with van der Waals surface area (Å²) in [6.07, 6.45) is 0.938. The molecule has 0 radical (unpaired) electrons. The number of benzene rings is 1. The monoisotopic (exact) mass is 248 g/mol. The average molecular weight is 248 g/mol. The Balaban J connectivity index is 1.80. The lowest BCUT2D eigenvalue weighted by Crippen LogP contribution is -2.35. The van der Waals surface area contributed by atoms with Gasteiger partial charge in [-0.25, -0.2) is 0 Å². The van der Waals surface area contributed by atoms with Crippen LogP contribution in [0.3, 0.4) is 0 Å². The van der Waals surface area contributed by atoms with Crippen LogP contribution in [0.4, 0.5) is 0 Å². The lowest BCUT2D eigenvalue weighted by atomic mass is 10.00. The predicted molar refractivity (Wildman–Crippen MR) is 69.1 cm³/mol. The number of rotatable bonds is 1. The van der Waals surface area contributed by atoms with Gasteiger partial charge in [-0.1, -0.05) is 18.2 Å². The highest BCUT2D eigenvalue weighted by Crippen LogP contribution is 2.40. The Morgan fingerprint density at radius 2 is 2.24 bits per heavy atom. The first kappa shape index (κ1) is 11.1. The van der Waals surface area contributed by atoms with Crippen LogP contribution in [0.1, 0.15) is 17.9 Å². The number of likely N-dealkylation sites (tertiary alicyclic amines) is 1. The fraction of sp³-hybridized carbons (Fsp3) is 0.462. The first-order valence-corrected chi connectivity index (χ1v) is 7.00. The van der Waals surface area contributed by atoms with Gasteiger partial charge in [0.2, 0.25) is 5.91 Å². The van der Waals surface area contributed by atoms with Crippen molar-refractivity contribution in [2.75, 3.05) is 18.8 Å². The molecule has 1 amide bonds. The van der Waals surface area contributed by atoms with E-state index in [-0.39, 0.29) is 17.9 Å². The number of amides is 1. The fourth-order valence-corrected chi connectivity index (χ4v) is 3.80. The molecule has 1 fully saturated rings. The van der Waals surface area contributed by atoms with E-state index in [4.69, 9.17) is 5.73 Å². The third-order valence-corrected chi connectivity index (χ3v) is 4.72. The Kier molecular flexibility index (Phi) is 2.84. The van der Waals surface area contributed by atoms with E-state index in [1.54, 1.807) is 11.8 Å². The van der Waals surface area contributed by atoms with Crippen molar-refractivity contribution in [3.63, 3.8) is 0 Å². The zero-order chi connectivity index (χ0) is 11.8. The molecule has 2 atom stereocenters. The molecule has 0 aromatic heterocycles. The zero-order valence-corrected chi connectivity index (χ0v) is 10.5. The summed E-state index contributed by atoms with van der Waals surface area (Å²) in [6, 6.07) is 8.39.